The first-order valence-corrected chi connectivity index (χ1v) is 21.7. The van der Waals surface area contributed by atoms with E-state index >= 15 is 0 Å². The van der Waals surface area contributed by atoms with Crippen LogP contribution in [0, 0.1) is 0 Å². The molecule has 0 radical (unpaired) electrons. The highest BCUT2D eigenvalue weighted by atomic mass is 16.6. The second-order valence-electron chi connectivity index (χ2n) is 14.6. The molecular weight excluding hydrogens is 624 g/mol. The summed E-state index contributed by atoms with van der Waals surface area (Å²) in [6.45, 7) is 6.49. The first-order valence-electron chi connectivity index (χ1n) is 21.7. The van der Waals surface area contributed by atoms with E-state index < -0.39 is 6.10 Å². The predicted octanol–water partition coefficient (Wildman–Crippen LogP) is 13.5. The Bertz CT molecular complexity index is 778. The van der Waals surface area contributed by atoms with E-state index in [2.05, 4.69) is 32.9 Å². The molecule has 0 spiro atoms. The van der Waals surface area contributed by atoms with Crippen molar-refractivity contribution in [1.82, 2.24) is 0 Å². The molecule has 0 aromatic carbocycles. The summed E-state index contributed by atoms with van der Waals surface area (Å²) < 4.78 is 16.5. The number of hydrogen-bond donors (Lipinski definition) is 0. The minimum atomic E-state index is -0.758. The van der Waals surface area contributed by atoms with E-state index in [1.54, 1.807) is 0 Å². The average molecular weight is 707 g/mol. The van der Waals surface area contributed by atoms with Gasteiger partial charge >= 0.3 is 17.9 Å². The molecule has 0 saturated carbocycles. The maximum Gasteiger partial charge on any atom is 0.306 e. The van der Waals surface area contributed by atoms with Crippen LogP contribution < -0.4 is 0 Å². The van der Waals surface area contributed by atoms with Gasteiger partial charge in [-0.25, -0.2) is 0 Å². The van der Waals surface area contributed by atoms with Gasteiger partial charge in [-0.15, -0.1) is 0 Å². The molecule has 0 fully saturated rings. The summed E-state index contributed by atoms with van der Waals surface area (Å²) in [4.78, 5) is 37.1. The molecule has 0 aliphatic rings. The van der Waals surface area contributed by atoms with E-state index in [9.17, 15) is 14.4 Å². The van der Waals surface area contributed by atoms with E-state index in [1.807, 2.05) is 0 Å². The van der Waals surface area contributed by atoms with Crippen molar-refractivity contribution in [3.05, 3.63) is 12.2 Å². The van der Waals surface area contributed by atoms with Gasteiger partial charge < -0.3 is 14.2 Å². The van der Waals surface area contributed by atoms with Crippen molar-refractivity contribution in [2.24, 2.45) is 0 Å². The molecule has 50 heavy (non-hydrogen) atoms. The van der Waals surface area contributed by atoms with Crippen LogP contribution in [0.3, 0.4) is 0 Å². The van der Waals surface area contributed by atoms with Crippen molar-refractivity contribution in [1.29, 1.82) is 0 Å². The van der Waals surface area contributed by atoms with E-state index in [0.29, 0.717) is 19.3 Å². The van der Waals surface area contributed by atoms with Crippen LogP contribution in [0.5, 0.6) is 0 Å². The molecule has 6 nitrogen and oxygen atoms in total. The SMILES string of the molecule is CCCCCCCCCC/C=C\CCCCCCCCCCCC(=O)OCC(COC(=O)CCCCCCC)OC(=O)CCCCCCCC. The third-order valence-electron chi connectivity index (χ3n) is 9.52. The molecule has 0 heterocycles. The predicted molar refractivity (Wildman–Crippen MR) is 210 cm³/mol. The monoisotopic (exact) mass is 707 g/mol. The van der Waals surface area contributed by atoms with Gasteiger partial charge in [0.15, 0.2) is 6.10 Å². The topological polar surface area (TPSA) is 78.9 Å². The standard InChI is InChI=1S/C44H82O6/c1-4-7-10-13-15-16-17-18-19-20-21-22-23-24-25-26-27-28-29-32-34-37-43(46)49-40-41(39-48-42(45)36-33-30-12-9-6-3)50-44(47)38-35-31-14-11-8-5-2/h20-21,41H,4-19,22-40H2,1-3H3/b21-20-. The maximum absolute atomic E-state index is 12.5. The lowest BCUT2D eigenvalue weighted by Gasteiger charge is -2.18. The lowest BCUT2D eigenvalue weighted by atomic mass is 10.1. The van der Waals surface area contributed by atoms with Gasteiger partial charge in [-0.1, -0.05) is 181 Å². The normalized spacial score (nSPS) is 12.0. The summed E-state index contributed by atoms with van der Waals surface area (Å²) in [5.41, 5.74) is 0. The van der Waals surface area contributed by atoms with Crippen LogP contribution in [0.25, 0.3) is 0 Å². The van der Waals surface area contributed by atoms with Crippen LogP contribution >= 0.6 is 0 Å². The van der Waals surface area contributed by atoms with Gasteiger partial charge in [0.2, 0.25) is 0 Å². The number of hydrogen-bond acceptors (Lipinski definition) is 6. The minimum absolute atomic E-state index is 0.0695. The van der Waals surface area contributed by atoms with Gasteiger partial charge in [0.1, 0.15) is 13.2 Å². The van der Waals surface area contributed by atoms with Crippen LogP contribution in [0.1, 0.15) is 233 Å². The Morgan fingerprint density at radius 3 is 1.00 bits per heavy atom. The van der Waals surface area contributed by atoms with E-state index in [1.165, 1.54) is 128 Å². The smallest absolute Gasteiger partial charge is 0.306 e. The summed E-state index contributed by atoms with van der Waals surface area (Å²) in [5.74, 6) is -0.893. The second kappa shape index (κ2) is 39.9. The van der Waals surface area contributed by atoms with Crippen molar-refractivity contribution in [3.63, 3.8) is 0 Å². The largest absolute Gasteiger partial charge is 0.462 e. The van der Waals surface area contributed by atoms with Crippen LogP contribution in [0.15, 0.2) is 12.2 Å². The highest BCUT2D eigenvalue weighted by molar-refractivity contribution is 5.71. The molecule has 0 rings (SSSR count). The second-order valence-corrected chi connectivity index (χ2v) is 14.6. The summed E-state index contributed by atoms with van der Waals surface area (Å²) in [6.07, 6.45) is 41.1. The molecule has 1 unspecified atom stereocenters. The van der Waals surface area contributed by atoms with Gasteiger partial charge in [0.05, 0.1) is 0 Å². The number of carbonyl (C=O) groups excluding carboxylic acids is 3. The summed E-state index contributed by atoms with van der Waals surface area (Å²) in [7, 11) is 0. The fourth-order valence-electron chi connectivity index (χ4n) is 6.20. The maximum atomic E-state index is 12.5. The Balaban J connectivity index is 3.99. The summed E-state index contributed by atoms with van der Waals surface area (Å²) in [5, 5.41) is 0. The number of rotatable bonds is 39. The average Bonchev–Trinajstić information content (AvgIpc) is 3.11. The molecular formula is C44H82O6. The fraction of sp³-hybridized carbons (Fsp3) is 0.886. The van der Waals surface area contributed by atoms with Crippen LogP contribution in [-0.4, -0.2) is 37.2 Å². The number of allylic oxidation sites excluding steroid dienone is 2. The molecule has 0 N–H and O–H groups in total. The first kappa shape index (κ1) is 48.1. The van der Waals surface area contributed by atoms with Crippen molar-refractivity contribution in [3.8, 4) is 0 Å². The Morgan fingerprint density at radius 2 is 0.660 bits per heavy atom. The zero-order valence-corrected chi connectivity index (χ0v) is 33.4. The highest BCUT2D eigenvalue weighted by Crippen LogP contribution is 2.14. The zero-order chi connectivity index (χ0) is 36.6. The number of carbonyl (C=O) groups is 3. The van der Waals surface area contributed by atoms with Gasteiger partial charge in [0, 0.05) is 19.3 Å². The molecule has 0 bridgehead atoms. The van der Waals surface area contributed by atoms with Gasteiger partial charge in [-0.2, -0.15) is 0 Å². The molecule has 1 atom stereocenters. The lowest BCUT2D eigenvalue weighted by molar-refractivity contribution is -0.167. The minimum Gasteiger partial charge on any atom is -0.462 e. The summed E-state index contributed by atoms with van der Waals surface area (Å²) in [6, 6.07) is 0. The van der Waals surface area contributed by atoms with Gasteiger partial charge in [0.25, 0.3) is 0 Å². The molecule has 294 valence electrons. The van der Waals surface area contributed by atoms with E-state index in [4.69, 9.17) is 14.2 Å². The molecule has 0 aromatic heterocycles. The third-order valence-corrected chi connectivity index (χ3v) is 9.52. The summed E-state index contributed by atoms with van der Waals surface area (Å²) >= 11 is 0. The highest BCUT2D eigenvalue weighted by Gasteiger charge is 2.19. The van der Waals surface area contributed by atoms with Crippen molar-refractivity contribution >= 4 is 17.9 Å². The Kier molecular flexibility index (Phi) is 38.5. The Morgan fingerprint density at radius 1 is 0.380 bits per heavy atom. The number of esters is 3. The van der Waals surface area contributed by atoms with Crippen LogP contribution in [-0.2, 0) is 28.6 Å². The third kappa shape index (κ3) is 37.4. The number of ether oxygens (including phenoxy) is 3. The molecule has 0 aliphatic carbocycles. The fourth-order valence-corrected chi connectivity index (χ4v) is 6.20. The van der Waals surface area contributed by atoms with Crippen molar-refractivity contribution in [2.75, 3.05) is 13.2 Å². The Labute approximate surface area is 310 Å². The first-order chi connectivity index (χ1) is 24.5. The molecule has 0 saturated heterocycles. The quantitative estimate of drug-likeness (QED) is 0.0274. The van der Waals surface area contributed by atoms with Crippen molar-refractivity contribution < 1.29 is 28.6 Å². The van der Waals surface area contributed by atoms with Crippen molar-refractivity contribution in [2.45, 2.75) is 239 Å². The molecule has 6 heteroatoms. The van der Waals surface area contributed by atoms with E-state index in [-0.39, 0.29) is 31.1 Å². The van der Waals surface area contributed by atoms with Gasteiger partial charge in [-0.05, 0) is 44.9 Å². The van der Waals surface area contributed by atoms with Gasteiger partial charge in [-0.3, -0.25) is 14.4 Å². The Hall–Kier alpha value is -1.85. The van der Waals surface area contributed by atoms with Crippen LogP contribution in [0.2, 0.25) is 0 Å². The lowest BCUT2D eigenvalue weighted by Crippen LogP contribution is -2.30. The van der Waals surface area contributed by atoms with Crippen LogP contribution in [0.4, 0.5) is 0 Å². The molecule has 0 aliphatic heterocycles. The zero-order valence-electron chi connectivity index (χ0n) is 33.4. The molecule has 0 amide bonds. The van der Waals surface area contributed by atoms with E-state index in [0.717, 1.165) is 64.2 Å². The number of unbranched alkanes of at least 4 members (excludes halogenated alkanes) is 26. The molecule has 0 aromatic rings.